The zero-order valence-corrected chi connectivity index (χ0v) is 21.4. The fraction of sp³-hybridized carbons (Fsp3) is 0.290. The highest BCUT2D eigenvalue weighted by atomic mass is 19.1. The summed E-state index contributed by atoms with van der Waals surface area (Å²) in [5.41, 5.74) is 12.4. The Morgan fingerprint density at radius 2 is 1.78 bits per heavy atom. The average molecular weight is 496 g/mol. The summed E-state index contributed by atoms with van der Waals surface area (Å²) >= 11 is 0. The number of ether oxygens (including phenoxy) is 1. The van der Waals surface area contributed by atoms with Crippen molar-refractivity contribution >= 4 is 17.3 Å². The Labute approximate surface area is 216 Å². The number of halogens is 1. The van der Waals surface area contributed by atoms with Crippen LogP contribution in [0.1, 0.15) is 57.7 Å². The van der Waals surface area contributed by atoms with Crippen molar-refractivity contribution in [2.45, 2.75) is 45.4 Å². The zero-order valence-electron chi connectivity index (χ0n) is 21.4. The third-order valence-corrected chi connectivity index (χ3v) is 8.45. The Hall–Kier alpha value is -3.77. The number of nitrogens with one attached hydrogen (secondary N) is 1. The molecule has 4 atom stereocenters. The molecule has 5 nitrogen and oxygen atoms in total. The van der Waals surface area contributed by atoms with Crippen LogP contribution in [-0.4, -0.2) is 10.9 Å². The Morgan fingerprint density at radius 1 is 1.05 bits per heavy atom. The van der Waals surface area contributed by atoms with Crippen LogP contribution in [0.2, 0.25) is 0 Å². The number of anilines is 1. The van der Waals surface area contributed by atoms with Crippen molar-refractivity contribution in [2.75, 3.05) is 5.73 Å². The number of aromatic nitrogens is 1. The van der Waals surface area contributed by atoms with Crippen LogP contribution < -0.4 is 11.1 Å². The molecule has 2 bridgehead atoms. The molecule has 1 amide bonds. The van der Waals surface area contributed by atoms with Gasteiger partial charge in [-0.2, -0.15) is 0 Å². The van der Waals surface area contributed by atoms with E-state index in [0.717, 1.165) is 39.1 Å². The van der Waals surface area contributed by atoms with Crippen molar-refractivity contribution in [2.24, 2.45) is 11.8 Å². The molecule has 6 rings (SSSR count). The fourth-order valence-corrected chi connectivity index (χ4v) is 6.54. The van der Waals surface area contributed by atoms with Crippen LogP contribution in [0.15, 0.2) is 66.8 Å². The van der Waals surface area contributed by atoms with E-state index in [1.807, 2.05) is 38.1 Å². The number of allylic oxidation sites excluding steroid dienone is 2. The first kappa shape index (κ1) is 23.6. The summed E-state index contributed by atoms with van der Waals surface area (Å²) in [7, 11) is 0. The smallest absolute Gasteiger partial charge is 0.251 e. The first-order valence-electron chi connectivity index (χ1n) is 12.6. The number of rotatable bonds is 4. The molecule has 1 fully saturated rings. The zero-order chi connectivity index (χ0) is 26.1. The Bertz CT molecular complexity index is 1490. The standard InChI is InChI=1S/C31H30FN3O2/c1-17-13-28(33)35-18(2)23(17)16-34-29(36)21-8-12-25-27(15-21)31(4)26-14-20(19-5-9-22(32)10-6-19)7-11-24(26)30(25,3)37-31/h5-15,24,26H,16H2,1-4H3,(H2,33,35)(H,34,36). The van der Waals surface area contributed by atoms with Gasteiger partial charge < -0.3 is 15.8 Å². The lowest BCUT2D eigenvalue weighted by Crippen LogP contribution is -2.36. The number of pyridine rings is 1. The maximum Gasteiger partial charge on any atom is 0.251 e. The number of carbonyl (C=O) groups excluding carboxylic acids is 1. The SMILES string of the molecule is Cc1cc(N)nc(C)c1CNC(=O)c1ccc2c(c1)C1(C)OC2(C)C2C=CC(c3ccc(F)cc3)=CC21. The third kappa shape index (κ3) is 3.54. The molecular formula is C31H30FN3O2. The highest BCUT2D eigenvalue weighted by Gasteiger charge is 2.65. The second-order valence-electron chi connectivity index (χ2n) is 10.7. The average Bonchev–Trinajstić information content (AvgIpc) is 3.25. The van der Waals surface area contributed by atoms with Crippen LogP contribution in [0.25, 0.3) is 5.57 Å². The molecule has 1 aromatic heterocycles. The van der Waals surface area contributed by atoms with E-state index in [-0.39, 0.29) is 23.6 Å². The number of nitrogen functional groups attached to an aromatic ring is 1. The third-order valence-electron chi connectivity index (χ3n) is 8.45. The number of benzene rings is 2. The van der Waals surface area contributed by atoms with E-state index in [0.29, 0.717) is 17.9 Å². The molecule has 1 aliphatic carbocycles. The fourth-order valence-electron chi connectivity index (χ4n) is 6.54. The lowest BCUT2D eigenvalue weighted by molar-refractivity contribution is -0.0773. The molecule has 4 unspecified atom stereocenters. The van der Waals surface area contributed by atoms with Gasteiger partial charge in [0.2, 0.25) is 0 Å². The molecule has 2 aliphatic heterocycles. The van der Waals surface area contributed by atoms with Crippen LogP contribution in [-0.2, 0) is 22.5 Å². The minimum absolute atomic E-state index is 0.0968. The van der Waals surface area contributed by atoms with E-state index in [9.17, 15) is 9.18 Å². The van der Waals surface area contributed by atoms with E-state index in [1.54, 1.807) is 12.1 Å². The number of amides is 1. The molecule has 0 spiro atoms. The van der Waals surface area contributed by atoms with Crippen LogP contribution in [0.3, 0.4) is 0 Å². The van der Waals surface area contributed by atoms with Crippen molar-refractivity contribution in [3.63, 3.8) is 0 Å². The minimum atomic E-state index is -0.574. The molecule has 3 heterocycles. The van der Waals surface area contributed by atoms with Gasteiger partial charge in [-0.3, -0.25) is 4.79 Å². The number of hydrogen-bond acceptors (Lipinski definition) is 4. The van der Waals surface area contributed by atoms with Crippen LogP contribution in [0, 0.1) is 31.5 Å². The summed E-state index contributed by atoms with van der Waals surface area (Å²) in [5, 5.41) is 3.05. The summed E-state index contributed by atoms with van der Waals surface area (Å²) in [5.74, 6) is 0.366. The van der Waals surface area contributed by atoms with Crippen LogP contribution >= 0.6 is 0 Å². The van der Waals surface area contributed by atoms with Gasteiger partial charge >= 0.3 is 0 Å². The van der Waals surface area contributed by atoms with Gasteiger partial charge in [-0.05, 0) is 91.4 Å². The van der Waals surface area contributed by atoms with Crippen molar-refractivity contribution in [3.05, 3.63) is 112 Å². The van der Waals surface area contributed by atoms with E-state index >= 15 is 0 Å². The first-order chi connectivity index (χ1) is 17.6. The van der Waals surface area contributed by atoms with Gasteiger partial charge in [0.25, 0.3) is 5.91 Å². The molecule has 1 saturated heterocycles. The highest BCUT2D eigenvalue weighted by molar-refractivity contribution is 5.94. The van der Waals surface area contributed by atoms with E-state index in [4.69, 9.17) is 10.5 Å². The molecule has 3 aliphatic rings. The molecule has 37 heavy (non-hydrogen) atoms. The normalized spacial score (nSPS) is 27.0. The maximum atomic E-state index is 13.5. The quantitative estimate of drug-likeness (QED) is 0.486. The summed E-state index contributed by atoms with van der Waals surface area (Å²) in [4.78, 5) is 17.5. The second-order valence-corrected chi connectivity index (χ2v) is 10.7. The van der Waals surface area contributed by atoms with E-state index < -0.39 is 11.2 Å². The summed E-state index contributed by atoms with van der Waals surface area (Å²) in [6.45, 7) is 8.51. The second kappa shape index (κ2) is 8.12. The van der Waals surface area contributed by atoms with Gasteiger partial charge in [0.15, 0.2) is 0 Å². The van der Waals surface area contributed by atoms with Crippen molar-refractivity contribution in [3.8, 4) is 0 Å². The minimum Gasteiger partial charge on any atom is -0.384 e. The van der Waals surface area contributed by atoms with Crippen molar-refractivity contribution < 1.29 is 13.9 Å². The van der Waals surface area contributed by atoms with Crippen molar-refractivity contribution in [1.82, 2.24) is 10.3 Å². The molecule has 0 radical (unpaired) electrons. The molecule has 3 aromatic rings. The van der Waals surface area contributed by atoms with Crippen LogP contribution in [0.4, 0.5) is 10.2 Å². The molecule has 188 valence electrons. The Balaban J connectivity index is 1.30. The molecule has 2 aromatic carbocycles. The van der Waals surface area contributed by atoms with Gasteiger partial charge in [0, 0.05) is 29.6 Å². The summed E-state index contributed by atoms with van der Waals surface area (Å²) < 4.78 is 20.2. The molecule has 3 N–H and O–H groups in total. The van der Waals surface area contributed by atoms with E-state index in [1.165, 1.54) is 12.1 Å². The molecular weight excluding hydrogens is 465 g/mol. The van der Waals surface area contributed by atoms with Gasteiger partial charge in [-0.1, -0.05) is 36.4 Å². The highest BCUT2D eigenvalue weighted by Crippen LogP contribution is 2.65. The number of nitrogens with zero attached hydrogens (tertiary/aromatic N) is 1. The number of carbonyl (C=O) groups is 1. The Kier molecular flexibility index (Phi) is 5.18. The van der Waals surface area contributed by atoms with Gasteiger partial charge in [0.1, 0.15) is 11.6 Å². The monoisotopic (exact) mass is 495 g/mol. The molecule has 6 heteroatoms. The predicted molar refractivity (Wildman–Crippen MR) is 142 cm³/mol. The van der Waals surface area contributed by atoms with Gasteiger partial charge in [-0.25, -0.2) is 9.37 Å². The largest absolute Gasteiger partial charge is 0.384 e. The summed E-state index contributed by atoms with van der Waals surface area (Å²) in [6, 6.07) is 14.3. The van der Waals surface area contributed by atoms with Gasteiger partial charge in [-0.15, -0.1) is 0 Å². The predicted octanol–water partition coefficient (Wildman–Crippen LogP) is 5.71. The molecule has 0 saturated carbocycles. The number of fused-ring (bicyclic) bond motifs is 8. The topological polar surface area (TPSA) is 77.2 Å². The van der Waals surface area contributed by atoms with Crippen molar-refractivity contribution in [1.29, 1.82) is 0 Å². The lowest BCUT2D eigenvalue weighted by atomic mass is 9.62. The summed E-state index contributed by atoms with van der Waals surface area (Å²) in [6.07, 6.45) is 6.59. The first-order valence-corrected chi connectivity index (χ1v) is 12.6. The number of aryl methyl sites for hydroxylation is 2. The maximum absolute atomic E-state index is 13.5. The van der Waals surface area contributed by atoms with E-state index in [2.05, 4.69) is 42.4 Å². The number of hydrogen-bond donors (Lipinski definition) is 2. The van der Waals surface area contributed by atoms with Crippen LogP contribution in [0.5, 0.6) is 0 Å². The van der Waals surface area contributed by atoms with Gasteiger partial charge in [0.05, 0.1) is 11.2 Å². The number of nitrogens with two attached hydrogens (primary N) is 1. The lowest BCUT2D eigenvalue weighted by Gasteiger charge is -2.37. The Morgan fingerprint density at radius 3 is 2.51 bits per heavy atom.